The Morgan fingerprint density at radius 1 is 0.831 bits per heavy atom. The molecule has 3 aromatic carbocycles. The summed E-state index contributed by atoms with van der Waals surface area (Å²) in [6.07, 6.45) is 34.5. The molecule has 342 valence electrons. The molecule has 4 fully saturated rings. The second-order valence-electron chi connectivity index (χ2n) is 20.0. The van der Waals surface area contributed by atoms with Crippen molar-refractivity contribution in [1.29, 1.82) is 0 Å². The van der Waals surface area contributed by atoms with Gasteiger partial charge in [0.2, 0.25) is 0 Å². The average molecular weight is 902 g/mol. The maximum Gasteiger partial charge on any atom is 0.0336 e. The Morgan fingerprint density at radius 3 is 2.12 bits per heavy atom. The molecule has 5 aliphatic carbocycles. The second-order valence-corrected chi connectivity index (χ2v) is 20.6. The molecule has 0 radical (unpaired) electrons. The van der Waals surface area contributed by atoms with Gasteiger partial charge in [-0.1, -0.05) is 174 Å². The number of rotatable bonds is 10. The van der Waals surface area contributed by atoms with Gasteiger partial charge in [-0.25, -0.2) is 0 Å². The standard InChI is InChI=1S/C61H71Cl.CH2S.CH4/c1-9-13-19-55(40(5)6)60-54(12-4)52-38-56(41(7)61(60,8)39-52)59-44(11-3)34-43(21-20-42-22-24-46(25-23-42)47-30-32-53(62)33-31-47)35-58(59)57-37-51(29-27-48(57)16-10-2)50-28-26-45-17-14-15-18-49(45)36-50;1-2;/h9-19,26-29,36-38,42-43,46-47,53-54,60H,2,4-5,7,20-25,30-35,39H2,1,3,6,8H3;1H2;1H4/b13-9-,44-11-,48-16-,55-19+,58-57+,59-56+;;. The number of hydrogen-bond donors (Lipinski definition) is 0. The van der Waals surface area contributed by atoms with Gasteiger partial charge in [-0.3, -0.25) is 0 Å². The van der Waals surface area contributed by atoms with E-state index in [1.807, 2.05) is 6.08 Å². The molecule has 0 spiro atoms. The third-order valence-electron chi connectivity index (χ3n) is 16.2. The van der Waals surface area contributed by atoms with E-state index in [-0.39, 0.29) is 24.7 Å². The SMILES string of the molecule is C.C=C/C=c1/ccc(-c2ccc3ccccc3c2)c/c1=C1/CC(CCC2CCC(C3CCC(Cl)CC3)CC2)CC(=C/C)/C1=C1/C=C2CC(C)(C1=C)C(/C(=C/C=C\C)C(=C)C)C2C=C.C=S. The Kier molecular flexibility index (Phi) is 17.3. The first kappa shape index (κ1) is 50.1. The van der Waals surface area contributed by atoms with Gasteiger partial charge in [-0.05, 0) is 192 Å². The molecule has 3 aromatic rings. The normalized spacial score (nSPS) is 31.0. The zero-order valence-electron chi connectivity index (χ0n) is 39.4. The monoisotopic (exact) mass is 901 g/mol. The molecule has 0 saturated heterocycles. The summed E-state index contributed by atoms with van der Waals surface area (Å²) >= 11 is 10.3. The molecular formula is C63H77ClS. The van der Waals surface area contributed by atoms with Crippen LogP contribution in [0.4, 0.5) is 0 Å². The molecule has 8 rings (SSSR count). The van der Waals surface area contributed by atoms with Crippen molar-refractivity contribution < 1.29 is 0 Å². The van der Waals surface area contributed by atoms with E-state index < -0.39 is 0 Å². The quantitative estimate of drug-likeness (QED) is 0.0846. The van der Waals surface area contributed by atoms with Crippen molar-refractivity contribution in [3.8, 4) is 11.1 Å². The van der Waals surface area contributed by atoms with Crippen molar-refractivity contribution >= 4 is 52.1 Å². The summed E-state index contributed by atoms with van der Waals surface area (Å²) in [4.78, 5) is 0. The van der Waals surface area contributed by atoms with E-state index in [1.165, 1.54) is 136 Å². The third-order valence-corrected chi connectivity index (χ3v) is 16.6. The van der Waals surface area contributed by atoms with Crippen LogP contribution in [0.5, 0.6) is 0 Å². The minimum absolute atomic E-state index is 0. The van der Waals surface area contributed by atoms with Crippen molar-refractivity contribution in [1.82, 2.24) is 0 Å². The largest absolute Gasteiger partial charge is 0.123 e. The number of alkyl halides is 1. The highest BCUT2D eigenvalue weighted by atomic mass is 35.5. The highest BCUT2D eigenvalue weighted by Crippen LogP contribution is 2.63. The van der Waals surface area contributed by atoms with Gasteiger partial charge in [0.1, 0.15) is 0 Å². The Hall–Kier alpha value is -4.30. The fourth-order valence-electron chi connectivity index (χ4n) is 12.8. The fraction of sp³-hybridized carbons (Fsp3) is 0.413. The van der Waals surface area contributed by atoms with Gasteiger partial charge < -0.3 is 0 Å². The molecule has 0 aromatic heterocycles. The van der Waals surface area contributed by atoms with Crippen LogP contribution in [0, 0.1) is 40.9 Å². The van der Waals surface area contributed by atoms with Crippen LogP contribution in [-0.4, -0.2) is 11.2 Å². The van der Waals surface area contributed by atoms with Crippen LogP contribution in [0.1, 0.15) is 119 Å². The molecular weight excluding hydrogens is 824 g/mol. The lowest BCUT2D eigenvalue weighted by Crippen LogP contribution is -2.33. The summed E-state index contributed by atoms with van der Waals surface area (Å²) in [5.41, 5.74) is 13.2. The van der Waals surface area contributed by atoms with Crippen molar-refractivity contribution in [2.24, 2.45) is 40.9 Å². The van der Waals surface area contributed by atoms with Crippen molar-refractivity contribution in [3.63, 3.8) is 0 Å². The van der Waals surface area contributed by atoms with E-state index in [1.54, 1.807) is 0 Å². The van der Waals surface area contributed by atoms with E-state index in [0.29, 0.717) is 11.3 Å². The lowest BCUT2D eigenvalue weighted by atomic mass is 9.63. The first-order chi connectivity index (χ1) is 31.1. The summed E-state index contributed by atoms with van der Waals surface area (Å²) in [7, 11) is 0. The number of benzene rings is 3. The molecule has 0 nitrogen and oxygen atoms in total. The zero-order chi connectivity index (χ0) is 45.5. The molecule has 4 unspecified atom stereocenters. The highest BCUT2D eigenvalue weighted by molar-refractivity contribution is 7.77. The lowest BCUT2D eigenvalue weighted by molar-refractivity contribution is 0.161. The van der Waals surface area contributed by atoms with Crippen LogP contribution in [-0.2, 0) is 0 Å². The van der Waals surface area contributed by atoms with Crippen molar-refractivity contribution in [2.75, 3.05) is 0 Å². The number of halogens is 1. The van der Waals surface area contributed by atoms with Crippen LogP contribution in [0.15, 0.2) is 169 Å². The van der Waals surface area contributed by atoms with Crippen LogP contribution < -0.4 is 10.4 Å². The van der Waals surface area contributed by atoms with Crippen molar-refractivity contribution in [3.05, 3.63) is 179 Å². The summed E-state index contributed by atoms with van der Waals surface area (Å²) in [5.74, 6) is 6.55. The Bertz CT molecular complexity index is 2530. The average Bonchev–Trinajstić information content (AvgIpc) is 3.57. The molecule has 0 N–H and O–H groups in total. The predicted molar refractivity (Wildman–Crippen MR) is 293 cm³/mol. The summed E-state index contributed by atoms with van der Waals surface area (Å²) in [6.45, 7) is 27.3. The Morgan fingerprint density at radius 2 is 1.48 bits per heavy atom. The van der Waals surface area contributed by atoms with Crippen LogP contribution in [0.2, 0.25) is 0 Å². The molecule has 2 bridgehead atoms. The summed E-state index contributed by atoms with van der Waals surface area (Å²) in [5, 5.41) is 5.52. The highest BCUT2D eigenvalue weighted by Gasteiger charge is 2.53. The van der Waals surface area contributed by atoms with Crippen LogP contribution >= 0.6 is 23.8 Å². The summed E-state index contributed by atoms with van der Waals surface area (Å²) < 4.78 is 0. The fourth-order valence-corrected chi connectivity index (χ4v) is 13.0. The van der Waals surface area contributed by atoms with Gasteiger partial charge in [0.05, 0.1) is 0 Å². The van der Waals surface area contributed by atoms with Gasteiger partial charge in [0.15, 0.2) is 0 Å². The van der Waals surface area contributed by atoms with E-state index >= 15 is 0 Å². The van der Waals surface area contributed by atoms with E-state index in [9.17, 15) is 0 Å². The zero-order valence-corrected chi connectivity index (χ0v) is 41.0. The van der Waals surface area contributed by atoms with E-state index in [2.05, 4.69) is 169 Å². The minimum atomic E-state index is -0.163. The first-order valence-corrected chi connectivity index (χ1v) is 25.4. The van der Waals surface area contributed by atoms with Crippen LogP contribution in [0.25, 0.3) is 33.5 Å². The third kappa shape index (κ3) is 10.5. The molecule has 2 heteroatoms. The minimum Gasteiger partial charge on any atom is -0.123 e. The number of fused-ring (bicyclic) bond motifs is 3. The Labute approximate surface area is 404 Å². The van der Waals surface area contributed by atoms with Gasteiger partial charge in [0, 0.05) is 22.6 Å². The molecule has 65 heavy (non-hydrogen) atoms. The molecule has 5 aliphatic rings. The van der Waals surface area contributed by atoms with E-state index in [0.717, 1.165) is 42.6 Å². The van der Waals surface area contributed by atoms with Crippen LogP contribution in [0.3, 0.4) is 0 Å². The lowest BCUT2D eigenvalue weighted by Gasteiger charge is -2.40. The Balaban J connectivity index is 0.00000230. The number of hydrogen-bond acceptors (Lipinski definition) is 1. The number of thiocarbonyl (C=S) groups is 1. The molecule has 4 atom stereocenters. The molecule has 0 heterocycles. The smallest absolute Gasteiger partial charge is 0.0336 e. The van der Waals surface area contributed by atoms with Crippen molar-refractivity contribution in [2.45, 2.75) is 124 Å². The number of allylic oxidation sites excluding steroid dienone is 14. The van der Waals surface area contributed by atoms with Gasteiger partial charge in [-0.2, -0.15) is 0 Å². The topological polar surface area (TPSA) is 0 Å². The first-order valence-electron chi connectivity index (χ1n) is 24.4. The molecule has 0 aliphatic heterocycles. The second kappa shape index (κ2) is 22.5. The van der Waals surface area contributed by atoms with Gasteiger partial charge >= 0.3 is 0 Å². The maximum atomic E-state index is 6.51. The van der Waals surface area contributed by atoms with Gasteiger partial charge in [0.25, 0.3) is 0 Å². The molecule has 0 amide bonds. The maximum absolute atomic E-state index is 6.51. The predicted octanol–water partition coefficient (Wildman–Crippen LogP) is 17.3. The summed E-state index contributed by atoms with van der Waals surface area (Å²) in [6, 6.07) is 22.8. The van der Waals surface area contributed by atoms with E-state index in [4.69, 9.17) is 18.2 Å². The van der Waals surface area contributed by atoms with Gasteiger partial charge in [-0.15, -0.1) is 18.2 Å². The molecule has 4 saturated carbocycles.